The van der Waals surface area contributed by atoms with E-state index in [1.165, 1.54) is 0 Å². The van der Waals surface area contributed by atoms with E-state index >= 15 is 0 Å². The topological polar surface area (TPSA) is 27.7 Å². The molecule has 0 aliphatic carbocycles. The number of hydrogen-bond donors (Lipinski definition) is 0. The van der Waals surface area contributed by atoms with Gasteiger partial charge in [0.05, 0.1) is 0 Å². The van der Waals surface area contributed by atoms with Gasteiger partial charge in [-0.25, -0.2) is 0 Å². The maximum absolute atomic E-state index is 6.10. The fourth-order valence-corrected chi connectivity index (χ4v) is 8.23. The molecule has 0 aromatic carbocycles. The summed E-state index contributed by atoms with van der Waals surface area (Å²) in [6.45, 7) is 12.6. The van der Waals surface area contributed by atoms with Crippen molar-refractivity contribution in [3.05, 3.63) is 12.7 Å². The Balaban J connectivity index is 4.42. The van der Waals surface area contributed by atoms with Crippen molar-refractivity contribution in [2.24, 2.45) is 0 Å². The molecule has 0 rings (SSSR count). The van der Waals surface area contributed by atoms with Crippen molar-refractivity contribution < 1.29 is 9.22 Å². The molecule has 0 bridgehead atoms. The molecule has 114 valence electrons. The number of hydrogen-bond acceptors (Lipinski definition) is 3. The van der Waals surface area contributed by atoms with Gasteiger partial charge in [0.15, 0.2) is 0 Å². The summed E-state index contributed by atoms with van der Waals surface area (Å²) in [6.07, 6.45) is 8.54. The molecular formula is C15H32O3Sn. The molecule has 3 nitrogen and oxygen atoms in total. The summed E-state index contributed by atoms with van der Waals surface area (Å²) in [5, 5.41) is 0. The SMILES string of the molecule is C=C[CH2][Sn]([O]CCCC)([O]CCCC)[O]CCCC. The van der Waals surface area contributed by atoms with Crippen molar-refractivity contribution in [2.45, 2.75) is 63.7 Å². The zero-order chi connectivity index (χ0) is 14.4. The maximum atomic E-state index is 6.10. The summed E-state index contributed by atoms with van der Waals surface area (Å²) < 4.78 is 19.1. The summed E-state index contributed by atoms with van der Waals surface area (Å²) in [5.41, 5.74) is 0. The van der Waals surface area contributed by atoms with Gasteiger partial charge >= 0.3 is 125 Å². The third-order valence-corrected chi connectivity index (χ3v) is 10.6. The van der Waals surface area contributed by atoms with Crippen molar-refractivity contribution in [3.8, 4) is 0 Å². The molecule has 0 atom stereocenters. The zero-order valence-electron chi connectivity index (χ0n) is 13.1. The molecular weight excluding hydrogens is 347 g/mol. The first-order chi connectivity index (χ1) is 9.24. The van der Waals surface area contributed by atoms with Crippen LogP contribution in [0.3, 0.4) is 0 Å². The Morgan fingerprint density at radius 3 is 1.42 bits per heavy atom. The minimum absolute atomic E-state index is 0.763. The van der Waals surface area contributed by atoms with Crippen molar-refractivity contribution in [1.29, 1.82) is 0 Å². The van der Waals surface area contributed by atoms with Crippen molar-refractivity contribution in [2.75, 3.05) is 19.8 Å². The second kappa shape index (κ2) is 13.4. The second-order valence-corrected chi connectivity index (χ2v) is 12.3. The van der Waals surface area contributed by atoms with Crippen LogP contribution in [0.15, 0.2) is 12.7 Å². The molecule has 4 heteroatoms. The second-order valence-electron chi connectivity index (χ2n) is 4.78. The molecule has 0 saturated heterocycles. The van der Waals surface area contributed by atoms with Gasteiger partial charge in [0.25, 0.3) is 0 Å². The Morgan fingerprint density at radius 1 is 0.789 bits per heavy atom. The van der Waals surface area contributed by atoms with E-state index in [9.17, 15) is 0 Å². The average Bonchev–Trinajstić information content (AvgIpc) is 2.40. The van der Waals surface area contributed by atoms with Crippen LogP contribution in [0.4, 0.5) is 0 Å². The Morgan fingerprint density at radius 2 is 1.16 bits per heavy atom. The predicted molar refractivity (Wildman–Crippen MR) is 83.3 cm³/mol. The third-order valence-electron chi connectivity index (χ3n) is 2.85. The van der Waals surface area contributed by atoms with Crippen LogP contribution in [0.25, 0.3) is 0 Å². The first kappa shape index (κ1) is 19.4. The summed E-state index contributed by atoms with van der Waals surface area (Å²) in [6, 6.07) is 0. The van der Waals surface area contributed by atoms with E-state index in [-0.39, 0.29) is 0 Å². The van der Waals surface area contributed by atoms with E-state index in [0.717, 1.165) is 62.8 Å². The number of allylic oxidation sites excluding steroid dienone is 1. The van der Waals surface area contributed by atoms with E-state index in [4.69, 9.17) is 9.22 Å². The van der Waals surface area contributed by atoms with Gasteiger partial charge in [-0.2, -0.15) is 0 Å². The van der Waals surface area contributed by atoms with Gasteiger partial charge < -0.3 is 0 Å². The Hall–Kier alpha value is 0.419. The fraction of sp³-hybridized carbons (Fsp3) is 0.867. The molecule has 0 amide bonds. The molecule has 0 spiro atoms. The van der Waals surface area contributed by atoms with Gasteiger partial charge in [-0.3, -0.25) is 0 Å². The van der Waals surface area contributed by atoms with Gasteiger partial charge in [-0.1, -0.05) is 0 Å². The molecule has 0 radical (unpaired) electrons. The normalized spacial score (nSPS) is 11.7. The summed E-state index contributed by atoms with van der Waals surface area (Å²) in [5.74, 6) is 0. The molecule has 0 aromatic heterocycles. The zero-order valence-corrected chi connectivity index (χ0v) is 15.9. The first-order valence-corrected chi connectivity index (χ1v) is 13.3. The van der Waals surface area contributed by atoms with E-state index in [0.29, 0.717) is 0 Å². The summed E-state index contributed by atoms with van der Waals surface area (Å²) in [4.78, 5) is 0. The van der Waals surface area contributed by atoms with Crippen LogP contribution in [-0.4, -0.2) is 39.4 Å². The monoisotopic (exact) mass is 380 g/mol. The van der Waals surface area contributed by atoms with Crippen LogP contribution < -0.4 is 0 Å². The Bertz CT molecular complexity index is 183. The van der Waals surface area contributed by atoms with E-state index in [1.54, 1.807) is 0 Å². The molecule has 0 aromatic rings. The standard InChI is InChI=1S/3C4H9O.C3H5.Sn/c3*1-2-3-4-5;1-3-2;/h3*2-4H2,1H3;3H,1-2H2;/q3*-1;;+3. The van der Waals surface area contributed by atoms with Crippen LogP contribution in [0.1, 0.15) is 59.3 Å². The molecule has 0 heterocycles. The molecule has 0 saturated carbocycles. The van der Waals surface area contributed by atoms with Crippen LogP contribution in [0.2, 0.25) is 4.44 Å². The average molecular weight is 379 g/mol. The molecule has 19 heavy (non-hydrogen) atoms. The fourth-order valence-electron chi connectivity index (χ4n) is 1.59. The molecule has 0 fully saturated rings. The molecule has 0 N–H and O–H groups in total. The van der Waals surface area contributed by atoms with Crippen molar-refractivity contribution >= 4 is 19.6 Å². The van der Waals surface area contributed by atoms with E-state index in [2.05, 4.69) is 27.4 Å². The quantitative estimate of drug-likeness (QED) is 0.252. The first-order valence-electron chi connectivity index (χ1n) is 7.77. The van der Waals surface area contributed by atoms with E-state index < -0.39 is 19.6 Å². The Labute approximate surface area is 125 Å². The minimum atomic E-state index is -3.35. The van der Waals surface area contributed by atoms with Gasteiger partial charge in [0, 0.05) is 0 Å². The van der Waals surface area contributed by atoms with Crippen molar-refractivity contribution in [3.63, 3.8) is 0 Å². The predicted octanol–water partition coefficient (Wildman–Crippen LogP) is 4.56. The van der Waals surface area contributed by atoms with Crippen LogP contribution in [-0.2, 0) is 9.22 Å². The Kier molecular flexibility index (Phi) is 13.7. The number of rotatable bonds is 14. The van der Waals surface area contributed by atoms with Crippen LogP contribution >= 0.6 is 0 Å². The van der Waals surface area contributed by atoms with Crippen molar-refractivity contribution in [1.82, 2.24) is 0 Å². The van der Waals surface area contributed by atoms with Crippen LogP contribution in [0, 0.1) is 0 Å². The summed E-state index contributed by atoms with van der Waals surface area (Å²) >= 11 is -3.35. The van der Waals surface area contributed by atoms with Crippen LogP contribution in [0.5, 0.6) is 0 Å². The number of unbranched alkanes of at least 4 members (excludes halogenated alkanes) is 3. The molecule has 0 aliphatic rings. The molecule has 0 unspecified atom stereocenters. The van der Waals surface area contributed by atoms with Gasteiger partial charge in [-0.15, -0.1) is 0 Å². The van der Waals surface area contributed by atoms with Gasteiger partial charge in [0.2, 0.25) is 0 Å². The van der Waals surface area contributed by atoms with Gasteiger partial charge in [0.1, 0.15) is 0 Å². The summed E-state index contributed by atoms with van der Waals surface area (Å²) in [7, 11) is 0. The van der Waals surface area contributed by atoms with Gasteiger partial charge in [-0.05, 0) is 0 Å². The molecule has 0 aliphatic heterocycles. The third kappa shape index (κ3) is 9.88. The van der Waals surface area contributed by atoms with E-state index in [1.807, 2.05) is 6.08 Å².